The molecular weight excluding hydrogens is 228 g/mol. The molecular formula is C14H28N2O2. The first kappa shape index (κ1) is 15.4. The van der Waals surface area contributed by atoms with Crippen LogP contribution in [0.5, 0.6) is 0 Å². The maximum Gasteiger partial charge on any atom is 0.221 e. The van der Waals surface area contributed by atoms with E-state index in [1.54, 1.807) is 7.11 Å². The molecule has 4 nitrogen and oxygen atoms in total. The molecule has 1 rings (SSSR count). The van der Waals surface area contributed by atoms with Crippen molar-refractivity contribution in [2.75, 3.05) is 26.8 Å². The molecule has 0 spiro atoms. The second kappa shape index (κ2) is 6.53. The maximum atomic E-state index is 11.7. The van der Waals surface area contributed by atoms with Crippen LogP contribution in [0.25, 0.3) is 0 Å². The average Bonchev–Trinajstić information content (AvgIpc) is 3.03. The van der Waals surface area contributed by atoms with Crippen molar-refractivity contribution in [1.29, 1.82) is 0 Å². The van der Waals surface area contributed by atoms with Crippen LogP contribution in [0.2, 0.25) is 0 Å². The Morgan fingerprint density at radius 3 is 2.50 bits per heavy atom. The van der Waals surface area contributed by atoms with Crippen molar-refractivity contribution in [3.05, 3.63) is 0 Å². The lowest BCUT2D eigenvalue weighted by molar-refractivity contribution is -0.121. The van der Waals surface area contributed by atoms with Crippen molar-refractivity contribution in [3.63, 3.8) is 0 Å². The summed E-state index contributed by atoms with van der Waals surface area (Å²) in [5.41, 5.74) is 0.416. The van der Waals surface area contributed by atoms with Crippen LogP contribution in [0.15, 0.2) is 0 Å². The van der Waals surface area contributed by atoms with Gasteiger partial charge in [0.1, 0.15) is 0 Å². The number of hydrogen-bond donors (Lipinski definition) is 2. The summed E-state index contributed by atoms with van der Waals surface area (Å²) in [6.07, 6.45) is 4.05. The van der Waals surface area contributed by atoms with Gasteiger partial charge in [-0.1, -0.05) is 0 Å². The fourth-order valence-electron chi connectivity index (χ4n) is 1.94. The maximum absolute atomic E-state index is 11.7. The summed E-state index contributed by atoms with van der Waals surface area (Å²) in [4.78, 5) is 11.7. The zero-order valence-electron chi connectivity index (χ0n) is 12.3. The summed E-state index contributed by atoms with van der Waals surface area (Å²) < 4.78 is 5.10. The molecule has 0 aliphatic heterocycles. The zero-order valence-corrected chi connectivity index (χ0v) is 12.3. The SMILES string of the molecule is COCCC1(CNC(=O)CCNC(C)(C)C)CC1. The van der Waals surface area contributed by atoms with Gasteiger partial charge in [-0.05, 0) is 45.4 Å². The Balaban J connectivity index is 2.10. The predicted octanol–water partition coefficient (Wildman–Crippen LogP) is 1.70. The number of carbonyl (C=O) groups excluding carboxylic acids is 1. The second-order valence-corrected chi connectivity index (χ2v) is 6.45. The molecule has 0 aromatic rings. The quantitative estimate of drug-likeness (QED) is 0.695. The molecule has 1 saturated carbocycles. The van der Waals surface area contributed by atoms with Gasteiger partial charge in [-0.15, -0.1) is 0 Å². The summed E-state index contributed by atoms with van der Waals surface area (Å²) in [7, 11) is 1.73. The lowest BCUT2D eigenvalue weighted by Gasteiger charge is -2.20. The largest absolute Gasteiger partial charge is 0.385 e. The monoisotopic (exact) mass is 256 g/mol. The van der Waals surface area contributed by atoms with Gasteiger partial charge in [0.05, 0.1) is 0 Å². The fourth-order valence-corrected chi connectivity index (χ4v) is 1.94. The molecule has 0 unspecified atom stereocenters. The van der Waals surface area contributed by atoms with E-state index in [1.165, 1.54) is 12.8 Å². The number of nitrogens with one attached hydrogen (secondary N) is 2. The Morgan fingerprint density at radius 2 is 2.00 bits per heavy atom. The molecule has 0 heterocycles. The van der Waals surface area contributed by atoms with Crippen molar-refractivity contribution >= 4 is 5.91 Å². The van der Waals surface area contributed by atoms with Crippen LogP contribution in [0.1, 0.15) is 46.5 Å². The van der Waals surface area contributed by atoms with E-state index in [0.29, 0.717) is 11.8 Å². The second-order valence-electron chi connectivity index (χ2n) is 6.45. The van der Waals surface area contributed by atoms with E-state index >= 15 is 0 Å². The third-order valence-corrected chi connectivity index (χ3v) is 3.46. The summed E-state index contributed by atoms with van der Waals surface area (Å²) in [6.45, 7) is 8.66. The third kappa shape index (κ3) is 6.36. The van der Waals surface area contributed by atoms with Gasteiger partial charge in [-0.3, -0.25) is 4.79 Å². The highest BCUT2D eigenvalue weighted by molar-refractivity contribution is 5.76. The molecule has 4 heteroatoms. The van der Waals surface area contributed by atoms with Gasteiger partial charge in [0.15, 0.2) is 0 Å². The topological polar surface area (TPSA) is 50.4 Å². The number of hydrogen-bond acceptors (Lipinski definition) is 3. The third-order valence-electron chi connectivity index (χ3n) is 3.46. The lowest BCUT2D eigenvalue weighted by atomic mass is 10.0. The van der Waals surface area contributed by atoms with Crippen LogP contribution in [0, 0.1) is 5.41 Å². The molecule has 1 aliphatic carbocycles. The van der Waals surface area contributed by atoms with Crippen LogP contribution in [-0.4, -0.2) is 38.3 Å². The molecule has 0 bridgehead atoms. The van der Waals surface area contributed by atoms with Crippen LogP contribution in [-0.2, 0) is 9.53 Å². The summed E-state index contributed by atoms with van der Waals surface area (Å²) in [6, 6.07) is 0. The Labute approximate surface area is 111 Å². The highest BCUT2D eigenvalue weighted by atomic mass is 16.5. The molecule has 1 aliphatic rings. The van der Waals surface area contributed by atoms with E-state index in [2.05, 4.69) is 31.4 Å². The smallest absolute Gasteiger partial charge is 0.221 e. The van der Waals surface area contributed by atoms with Crippen LogP contribution in [0.4, 0.5) is 0 Å². The summed E-state index contributed by atoms with van der Waals surface area (Å²) >= 11 is 0. The van der Waals surface area contributed by atoms with Gasteiger partial charge < -0.3 is 15.4 Å². The van der Waals surface area contributed by atoms with Gasteiger partial charge >= 0.3 is 0 Å². The fraction of sp³-hybridized carbons (Fsp3) is 0.929. The average molecular weight is 256 g/mol. The minimum absolute atomic E-state index is 0.0798. The van der Waals surface area contributed by atoms with Crippen LogP contribution >= 0.6 is 0 Å². The van der Waals surface area contributed by atoms with E-state index in [4.69, 9.17) is 4.74 Å². The van der Waals surface area contributed by atoms with Crippen molar-refractivity contribution in [2.45, 2.75) is 52.0 Å². The molecule has 1 fully saturated rings. The van der Waals surface area contributed by atoms with E-state index in [0.717, 1.165) is 26.1 Å². The summed E-state index contributed by atoms with van der Waals surface area (Å²) in [5.74, 6) is 0.149. The van der Waals surface area contributed by atoms with E-state index < -0.39 is 0 Å². The molecule has 0 saturated heterocycles. The van der Waals surface area contributed by atoms with Crippen molar-refractivity contribution in [1.82, 2.24) is 10.6 Å². The molecule has 0 aromatic heterocycles. The van der Waals surface area contributed by atoms with Gasteiger partial charge in [0.25, 0.3) is 0 Å². The predicted molar refractivity (Wildman–Crippen MR) is 73.5 cm³/mol. The number of carbonyl (C=O) groups is 1. The first-order chi connectivity index (χ1) is 8.37. The van der Waals surface area contributed by atoms with Gasteiger partial charge in [-0.2, -0.15) is 0 Å². The number of amides is 1. The van der Waals surface area contributed by atoms with Crippen molar-refractivity contribution in [3.8, 4) is 0 Å². The summed E-state index contributed by atoms with van der Waals surface area (Å²) in [5, 5.41) is 6.37. The number of rotatable bonds is 8. The molecule has 1 amide bonds. The Kier molecular flexibility index (Phi) is 5.60. The first-order valence-electron chi connectivity index (χ1n) is 6.88. The minimum atomic E-state index is 0.0798. The minimum Gasteiger partial charge on any atom is -0.385 e. The van der Waals surface area contributed by atoms with Crippen LogP contribution in [0.3, 0.4) is 0 Å². The highest BCUT2D eigenvalue weighted by Gasteiger charge is 2.41. The molecule has 0 atom stereocenters. The van der Waals surface area contributed by atoms with Gasteiger partial charge in [0.2, 0.25) is 5.91 Å². The molecule has 0 aromatic carbocycles. The van der Waals surface area contributed by atoms with E-state index in [-0.39, 0.29) is 11.4 Å². The number of ether oxygens (including phenoxy) is 1. The van der Waals surface area contributed by atoms with Crippen molar-refractivity contribution < 1.29 is 9.53 Å². The molecule has 18 heavy (non-hydrogen) atoms. The Hall–Kier alpha value is -0.610. The highest BCUT2D eigenvalue weighted by Crippen LogP contribution is 2.48. The lowest BCUT2D eigenvalue weighted by Crippen LogP contribution is -2.39. The molecule has 106 valence electrons. The normalized spacial score (nSPS) is 17.6. The van der Waals surface area contributed by atoms with Crippen molar-refractivity contribution in [2.24, 2.45) is 5.41 Å². The molecule has 2 N–H and O–H groups in total. The number of methoxy groups -OCH3 is 1. The molecule has 0 radical (unpaired) electrons. The standard InChI is InChI=1S/C14H28N2O2/c1-13(2,3)16-9-5-12(17)15-11-14(6-7-14)8-10-18-4/h16H,5-11H2,1-4H3,(H,15,17). The first-order valence-corrected chi connectivity index (χ1v) is 6.88. The zero-order chi connectivity index (χ0) is 13.6. The Bertz CT molecular complexity index is 267. The van der Waals surface area contributed by atoms with Crippen LogP contribution < -0.4 is 10.6 Å². The van der Waals surface area contributed by atoms with E-state index in [1.807, 2.05) is 0 Å². The van der Waals surface area contributed by atoms with Gasteiger partial charge in [0, 0.05) is 38.8 Å². The van der Waals surface area contributed by atoms with Gasteiger partial charge in [-0.25, -0.2) is 0 Å². The van der Waals surface area contributed by atoms with E-state index in [9.17, 15) is 4.79 Å². The Morgan fingerprint density at radius 1 is 1.33 bits per heavy atom.